The van der Waals surface area contributed by atoms with Gasteiger partial charge in [0.15, 0.2) is 0 Å². The van der Waals surface area contributed by atoms with Crippen LogP contribution in [0.2, 0.25) is 0 Å². The minimum Gasteiger partial charge on any atom is -0.219 e. The first kappa shape index (κ1) is 22.0. The molecule has 0 aliphatic carbocycles. The topological polar surface area (TPSA) is 0 Å². The molecular formula is C32H28N+. The van der Waals surface area contributed by atoms with E-state index >= 15 is 0 Å². The SMILES string of the molecule is C(=C[N+](C=Cc1ccccc1)(C=Cc1ccccc1)C=Cc1ccccc1)c1ccccc1. The second-order valence-corrected chi connectivity index (χ2v) is 7.80. The second kappa shape index (κ2) is 11.4. The molecule has 1 nitrogen and oxygen atoms in total. The molecular weight excluding hydrogens is 398 g/mol. The Hall–Kier alpha value is -4.20. The maximum absolute atomic E-state index is 2.20. The van der Waals surface area contributed by atoms with E-state index in [-0.39, 0.29) is 0 Å². The van der Waals surface area contributed by atoms with Gasteiger partial charge in [0.1, 0.15) is 24.8 Å². The summed E-state index contributed by atoms with van der Waals surface area (Å²) in [6, 6.07) is 41.6. The van der Waals surface area contributed by atoms with Gasteiger partial charge in [-0.15, -0.1) is 0 Å². The maximum Gasteiger partial charge on any atom is 0.110 e. The molecule has 0 amide bonds. The largest absolute Gasteiger partial charge is 0.219 e. The minimum atomic E-state index is 0.424. The van der Waals surface area contributed by atoms with E-state index in [1.165, 1.54) is 0 Å². The summed E-state index contributed by atoms with van der Waals surface area (Å²) < 4.78 is 0.424. The van der Waals surface area contributed by atoms with E-state index in [0.29, 0.717) is 4.48 Å². The van der Waals surface area contributed by atoms with Gasteiger partial charge >= 0.3 is 0 Å². The predicted molar refractivity (Wildman–Crippen MR) is 142 cm³/mol. The Morgan fingerprint density at radius 2 is 0.515 bits per heavy atom. The minimum absolute atomic E-state index is 0.424. The van der Waals surface area contributed by atoms with Gasteiger partial charge in [-0.1, -0.05) is 121 Å². The molecule has 0 aliphatic heterocycles. The fraction of sp³-hybridized carbons (Fsp3) is 0. The average Bonchev–Trinajstić information content (AvgIpc) is 2.90. The summed E-state index contributed by atoms with van der Waals surface area (Å²) in [6.07, 6.45) is 17.5. The molecule has 0 saturated heterocycles. The highest BCUT2D eigenvalue weighted by Gasteiger charge is 2.16. The third kappa shape index (κ3) is 6.90. The normalized spacial score (nSPS) is 13.8. The second-order valence-electron chi connectivity index (χ2n) is 7.80. The molecule has 0 heterocycles. The van der Waals surface area contributed by atoms with Crippen molar-refractivity contribution in [2.75, 3.05) is 0 Å². The van der Waals surface area contributed by atoms with Crippen LogP contribution in [0.5, 0.6) is 0 Å². The van der Waals surface area contributed by atoms with E-state index in [1.807, 2.05) is 24.3 Å². The molecule has 0 atom stereocenters. The maximum atomic E-state index is 2.20. The van der Waals surface area contributed by atoms with Gasteiger partial charge in [0.05, 0.1) is 0 Å². The summed E-state index contributed by atoms with van der Waals surface area (Å²) in [5.74, 6) is 0. The van der Waals surface area contributed by atoms with E-state index in [4.69, 9.17) is 0 Å². The first-order valence-electron chi connectivity index (χ1n) is 11.2. The third-order valence-electron chi connectivity index (χ3n) is 5.30. The molecule has 0 radical (unpaired) electrons. The molecule has 0 aromatic heterocycles. The van der Waals surface area contributed by atoms with E-state index in [0.717, 1.165) is 22.3 Å². The molecule has 4 aromatic carbocycles. The van der Waals surface area contributed by atoms with Gasteiger partial charge in [-0.05, 0) is 46.6 Å². The zero-order valence-electron chi connectivity index (χ0n) is 18.6. The first-order valence-corrected chi connectivity index (χ1v) is 11.2. The van der Waals surface area contributed by atoms with Gasteiger partial charge in [0.2, 0.25) is 0 Å². The van der Waals surface area contributed by atoms with Crippen molar-refractivity contribution in [1.29, 1.82) is 0 Å². The van der Waals surface area contributed by atoms with Crippen molar-refractivity contribution >= 4 is 24.3 Å². The van der Waals surface area contributed by atoms with Gasteiger partial charge in [-0.2, -0.15) is 0 Å². The highest BCUT2D eigenvalue weighted by atomic mass is 15.3. The van der Waals surface area contributed by atoms with E-state index in [1.54, 1.807) is 0 Å². The smallest absolute Gasteiger partial charge is 0.110 e. The Balaban J connectivity index is 1.79. The molecule has 4 rings (SSSR count). The highest BCUT2D eigenvalue weighted by molar-refractivity contribution is 5.54. The molecule has 0 N–H and O–H groups in total. The molecule has 1 heteroatoms. The van der Waals surface area contributed by atoms with Crippen LogP contribution in [-0.2, 0) is 0 Å². The monoisotopic (exact) mass is 426 g/mol. The number of rotatable bonds is 8. The summed E-state index contributed by atoms with van der Waals surface area (Å²) >= 11 is 0. The van der Waals surface area contributed by atoms with Gasteiger partial charge in [-0.25, -0.2) is 4.48 Å². The van der Waals surface area contributed by atoms with E-state index < -0.39 is 0 Å². The Morgan fingerprint density at radius 3 is 0.727 bits per heavy atom. The van der Waals surface area contributed by atoms with Crippen LogP contribution >= 0.6 is 0 Å². The Labute approximate surface area is 197 Å². The van der Waals surface area contributed by atoms with Crippen molar-refractivity contribution < 1.29 is 4.48 Å². The summed E-state index contributed by atoms with van der Waals surface area (Å²) in [5, 5.41) is 0. The lowest BCUT2D eigenvalue weighted by Gasteiger charge is -2.22. The number of quaternary nitrogens is 1. The van der Waals surface area contributed by atoms with Gasteiger partial charge in [0.25, 0.3) is 0 Å². The third-order valence-corrected chi connectivity index (χ3v) is 5.30. The summed E-state index contributed by atoms with van der Waals surface area (Å²) in [5.41, 5.74) is 4.65. The van der Waals surface area contributed by atoms with Crippen LogP contribution in [0.3, 0.4) is 0 Å². The van der Waals surface area contributed by atoms with Crippen molar-refractivity contribution in [3.8, 4) is 0 Å². The molecule has 0 bridgehead atoms. The molecule has 0 spiro atoms. The van der Waals surface area contributed by atoms with Crippen molar-refractivity contribution in [2.45, 2.75) is 0 Å². The number of benzene rings is 4. The van der Waals surface area contributed by atoms with Gasteiger partial charge in [-0.3, -0.25) is 0 Å². The Kier molecular flexibility index (Phi) is 7.62. The molecule has 0 fully saturated rings. The predicted octanol–water partition coefficient (Wildman–Crippen LogP) is 8.49. The van der Waals surface area contributed by atoms with Crippen LogP contribution in [0.1, 0.15) is 22.3 Å². The molecule has 33 heavy (non-hydrogen) atoms. The van der Waals surface area contributed by atoms with E-state index in [9.17, 15) is 0 Å². The van der Waals surface area contributed by atoms with Crippen molar-refractivity contribution in [3.63, 3.8) is 0 Å². The zero-order valence-corrected chi connectivity index (χ0v) is 18.6. The quantitative estimate of drug-likeness (QED) is 0.248. The lowest BCUT2D eigenvalue weighted by Crippen LogP contribution is -2.23. The van der Waals surface area contributed by atoms with Crippen molar-refractivity contribution in [1.82, 2.24) is 0 Å². The van der Waals surface area contributed by atoms with Crippen LogP contribution in [0.15, 0.2) is 146 Å². The van der Waals surface area contributed by atoms with Crippen LogP contribution in [0.4, 0.5) is 0 Å². The number of hydrogen-bond acceptors (Lipinski definition) is 0. The molecule has 0 saturated carbocycles. The summed E-state index contributed by atoms with van der Waals surface area (Å²) in [6.45, 7) is 0. The van der Waals surface area contributed by atoms with Crippen molar-refractivity contribution in [2.24, 2.45) is 0 Å². The van der Waals surface area contributed by atoms with Gasteiger partial charge < -0.3 is 0 Å². The molecule has 0 unspecified atom stereocenters. The average molecular weight is 427 g/mol. The molecule has 0 aliphatic rings. The fourth-order valence-corrected chi connectivity index (χ4v) is 3.42. The van der Waals surface area contributed by atoms with Crippen LogP contribution in [0, 0.1) is 0 Å². The summed E-state index contributed by atoms with van der Waals surface area (Å²) in [7, 11) is 0. The first-order chi connectivity index (χ1) is 16.3. The zero-order chi connectivity index (χ0) is 22.6. The summed E-state index contributed by atoms with van der Waals surface area (Å²) in [4.78, 5) is 0. The Bertz CT molecular complexity index is 1020. The van der Waals surface area contributed by atoms with Crippen molar-refractivity contribution in [3.05, 3.63) is 168 Å². The number of hydrogen-bond donors (Lipinski definition) is 0. The highest BCUT2D eigenvalue weighted by Crippen LogP contribution is 2.21. The number of nitrogens with zero attached hydrogens (tertiary/aromatic N) is 1. The lowest BCUT2D eigenvalue weighted by molar-refractivity contribution is -0.710. The standard InChI is InChI=1S/C32H28N/c1-5-13-29(14-6-1)21-25-33(26-22-30-15-7-2-8-16-30,27-23-31-17-9-3-10-18-31)28-24-32-19-11-4-12-20-32/h1-28H/q+1. The lowest BCUT2D eigenvalue weighted by atomic mass is 10.2. The van der Waals surface area contributed by atoms with Gasteiger partial charge in [0, 0.05) is 0 Å². The molecule has 4 aromatic rings. The fourth-order valence-electron chi connectivity index (χ4n) is 3.42. The van der Waals surface area contributed by atoms with E-state index in [2.05, 4.69) is 146 Å². The Morgan fingerprint density at radius 1 is 0.303 bits per heavy atom. The van der Waals surface area contributed by atoms with Crippen LogP contribution in [0.25, 0.3) is 24.3 Å². The molecule has 160 valence electrons. The van der Waals surface area contributed by atoms with Crippen LogP contribution < -0.4 is 0 Å². The van der Waals surface area contributed by atoms with Crippen LogP contribution in [-0.4, -0.2) is 4.48 Å².